The number of aromatic nitrogens is 1. The Labute approximate surface area is 123 Å². The largest absolute Gasteiger partial charge is 0.438 e. The summed E-state index contributed by atoms with van der Waals surface area (Å²) < 4.78 is 5.97. The van der Waals surface area contributed by atoms with Gasteiger partial charge in [0.2, 0.25) is 5.88 Å². The average Bonchev–Trinajstić information content (AvgIpc) is 2.39. The van der Waals surface area contributed by atoms with Crippen LogP contribution in [0, 0.1) is 13.8 Å². The van der Waals surface area contributed by atoms with Crippen LogP contribution in [-0.4, -0.2) is 11.2 Å². The molecule has 0 aliphatic carbocycles. The summed E-state index contributed by atoms with van der Waals surface area (Å²) in [6.07, 6.45) is 2.03. The van der Waals surface area contributed by atoms with Crippen molar-refractivity contribution in [2.75, 3.05) is 6.26 Å². The third-order valence-electron chi connectivity index (χ3n) is 2.85. The van der Waals surface area contributed by atoms with Crippen molar-refractivity contribution in [2.45, 2.75) is 24.6 Å². The zero-order chi connectivity index (χ0) is 13.8. The molecule has 1 aromatic carbocycles. The van der Waals surface area contributed by atoms with Gasteiger partial charge < -0.3 is 4.74 Å². The van der Waals surface area contributed by atoms with Gasteiger partial charge in [-0.2, -0.15) is 0 Å². The summed E-state index contributed by atoms with van der Waals surface area (Å²) in [5.74, 6) is 1.82. The number of halogens is 1. The molecule has 0 radical (unpaired) electrons. The van der Waals surface area contributed by atoms with Crippen LogP contribution in [0.2, 0.25) is 0 Å². The molecular weight excluding hydrogens is 278 g/mol. The number of benzene rings is 1. The maximum atomic E-state index is 6.00. The van der Waals surface area contributed by atoms with Crippen molar-refractivity contribution in [1.82, 2.24) is 4.98 Å². The topological polar surface area (TPSA) is 22.1 Å². The Balaban J connectivity index is 2.43. The van der Waals surface area contributed by atoms with Crippen molar-refractivity contribution < 1.29 is 4.74 Å². The number of hydrogen-bond donors (Lipinski definition) is 0. The number of alkyl halides is 1. The summed E-state index contributed by atoms with van der Waals surface area (Å²) in [6, 6.07) is 9.95. The molecule has 0 saturated carbocycles. The van der Waals surface area contributed by atoms with E-state index in [1.165, 1.54) is 0 Å². The van der Waals surface area contributed by atoms with E-state index in [1.54, 1.807) is 11.8 Å². The number of ether oxygens (including phenoxy) is 1. The van der Waals surface area contributed by atoms with Crippen LogP contribution in [0.3, 0.4) is 0 Å². The fourth-order valence-corrected chi connectivity index (χ4v) is 2.73. The second-order valence-corrected chi connectivity index (χ2v) is 5.37. The van der Waals surface area contributed by atoms with Crippen molar-refractivity contribution in [3.63, 3.8) is 0 Å². The summed E-state index contributed by atoms with van der Waals surface area (Å²) in [7, 11) is 0. The van der Waals surface area contributed by atoms with Gasteiger partial charge in [0.15, 0.2) is 0 Å². The summed E-state index contributed by atoms with van der Waals surface area (Å²) >= 11 is 7.66. The lowest BCUT2D eigenvalue weighted by molar-refractivity contribution is 0.446. The molecule has 100 valence electrons. The molecule has 2 nitrogen and oxygen atoms in total. The van der Waals surface area contributed by atoms with Crippen LogP contribution in [-0.2, 0) is 5.88 Å². The maximum absolute atomic E-state index is 6.00. The van der Waals surface area contributed by atoms with Crippen molar-refractivity contribution in [2.24, 2.45) is 0 Å². The van der Waals surface area contributed by atoms with Crippen LogP contribution in [0.5, 0.6) is 11.6 Å². The quantitative estimate of drug-likeness (QED) is 0.588. The van der Waals surface area contributed by atoms with Crippen LogP contribution in [0.15, 0.2) is 35.2 Å². The first-order valence-electron chi connectivity index (χ1n) is 5.99. The van der Waals surface area contributed by atoms with E-state index < -0.39 is 0 Å². The molecule has 0 unspecified atom stereocenters. The third-order valence-corrected chi connectivity index (χ3v) is 3.89. The first-order valence-corrected chi connectivity index (χ1v) is 7.75. The third kappa shape index (κ3) is 3.23. The van der Waals surface area contributed by atoms with Crippen LogP contribution in [0.4, 0.5) is 0 Å². The molecule has 0 bridgehead atoms. The van der Waals surface area contributed by atoms with Crippen LogP contribution in [0.25, 0.3) is 0 Å². The predicted octanol–water partition coefficient (Wildman–Crippen LogP) is 4.95. The minimum Gasteiger partial charge on any atom is -0.438 e. The Morgan fingerprint density at radius 1 is 1.26 bits per heavy atom. The highest BCUT2D eigenvalue weighted by atomic mass is 35.5. The lowest BCUT2D eigenvalue weighted by Crippen LogP contribution is -1.98. The normalized spacial score (nSPS) is 10.5. The van der Waals surface area contributed by atoms with Crippen molar-refractivity contribution in [3.8, 4) is 11.6 Å². The molecule has 0 atom stereocenters. The molecule has 0 fully saturated rings. The Kier molecular flexibility index (Phi) is 4.72. The Hall–Kier alpha value is -1.19. The van der Waals surface area contributed by atoms with E-state index in [0.717, 1.165) is 27.5 Å². The zero-order valence-corrected chi connectivity index (χ0v) is 12.8. The highest BCUT2D eigenvalue weighted by molar-refractivity contribution is 7.98. The molecular formula is C15H16ClNOS. The summed E-state index contributed by atoms with van der Waals surface area (Å²) in [4.78, 5) is 5.55. The van der Waals surface area contributed by atoms with Gasteiger partial charge in [-0.15, -0.1) is 23.4 Å². The van der Waals surface area contributed by atoms with Gasteiger partial charge >= 0.3 is 0 Å². The van der Waals surface area contributed by atoms with Gasteiger partial charge in [-0.3, -0.25) is 0 Å². The Bertz CT molecular complexity index is 586. The molecule has 0 aliphatic heterocycles. The van der Waals surface area contributed by atoms with E-state index in [4.69, 9.17) is 16.3 Å². The fraction of sp³-hybridized carbons (Fsp3) is 0.267. The van der Waals surface area contributed by atoms with E-state index in [-0.39, 0.29) is 0 Å². The fourth-order valence-electron chi connectivity index (χ4n) is 1.88. The number of rotatable bonds is 4. The predicted molar refractivity (Wildman–Crippen MR) is 81.6 cm³/mol. The van der Waals surface area contributed by atoms with Gasteiger partial charge in [0, 0.05) is 16.2 Å². The minimum atomic E-state index is 0.399. The molecule has 0 amide bonds. The number of pyridine rings is 1. The summed E-state index contributed by atoms with van der Waals surface area (Å²) in [5, 5.41) is 0. The number of hydrogen-bond acceptors (Lipinski definition) is 3. The van der Waals surface area contributed by atoms with Crippen molar-refractivity contribution >= 4 is 23.4 Å². The Morgan fingerprint density at radius 3 is 2.68 bits per heavy atom. The molecule has 4 heteroatoms. The molecule has 2 rings (SSSR count). The number of thioether (sulfide) groups is 1. The van der Waals surface area contributed by atoms with Crippen LogP contribution in [0.1, 0.15) is 16.8 Å². The molecule has 19 heavy (non-hydrogen) atoms. The lowest BCUT2D eigenvalue weighted by Gasteiger charge is -2.13. The molecule has 0 saturated heterocycles. The summed E-state index contributed by atoms with van der Waals surface area (Å²) in [6.45, 7) is 3.98. The first-order chi connectivity index (χ1) is 9.15. The molecule has 1 heterocycles. The molecule has 1 aromatic heterocycles. The van der Waals surface area contributed by atoms with Gasteiger partial charge in [-0.1, -0.05) is 12.1 Å². The highest BCUT2D eigenvalue weighted by Gasteiger charge is 2.12. The van der Waals surface area contributed by atoms with Gasteiger partial charge in [0.05, 0.1) is 5.88 Å². The van der Waals surface area contributed by atoms with E-state index in [2.05, 4.69) is 4.98 Å². The number of aryl methyl sites for hydroxylation is 2. The van der Waals surface area contributed by atoms with Crippen LogP contribution < -0.4 is 4.74 Å². The molecule has 0 N–H and O–H groups in total. The van der Waals surface area contributed by atoms with E-state index in [0.29, 0.717) is 11.8 Å². The summed E-state index contributed by atoms with van der Waals surface area (Å²) in [5.41, 5.74) is 2.99. The first kappa shape index (κ1) is 14.2. The zero-order valence-electron chi connectivity index (χ0n) is 11.2. The van der Waals surface area contributed by atoms with Gasteiger partial charge in [0.25, 0.3) is 0 Å². The number of para-hydroxylation sites is 1. The molecule has 2 aromatic rings. The standard InChI is InChI=1S/C15H16ClNOS/c1-10-8-11(2)17-15(12(10)9-16)18-13-6-4-5-7-14(13)19-3/h4-8H,9H2,1-3H3. The van der Waals surface area contributed by atoms with E-state index in [1.807, 2.05) is 50.4 Å². The maximum Gasteiger partial charge on any atom is 0.224 e. The van der Waals surface area contributed by atoms with Gasteiger partial charge in [0.1, 0.15) is 5.75 Å². The van der Waals surface area contributed by atoms with E-state index in [9.17, 15) is 0 Å². The second kappa shape index (κ2) is 6.31. The number of nitrogens with zero attached hydrogens (tertiary/aromatic N) is 1. The van der Waals surface area contributed by atoms with Crippen molar-refractivity contribution in [3.05, 3.63) is 47.2 Å². The SMILES string of the molecule is CSc1ccccc1Oc1nc(C)cc(C)c1CCl. The monoisotopic (exact) mass is 293 g/mol. The van der Waals surface area contributed by atoms with Gasteiger partial charge in [-0.25, -0.2) is 4.98 Å². The minimum absolute atomic E-state index is 0.399. The average molecular weight is 294 g/mol. The van der Waals surface area contributed by atoms with Gasteiger partial charge in [-0.05, 0) is 43.9 Å². The highest BCUT2D eigenvalue weighted by Crippen LogP contribution is 2.33. The lowest BCUT2D eigenvalue weighted by atomic mass is 10.1. The Morgan fingerprint density at radius 2 is 2.00 bits per heavy atom. The molecule has 0 aliphatic rings. The molecule has 0 spiro atoms. The van der Waals surface area contributed by atoms with Crippen LogP contribution >= 0.6 is 23.4 Å². The second-order valence-electron chi connectivity index (χ2n) is 4.25. The van der Waals surface area contributed by atoms with Crippen molar-refractivity contribution in [1.29, 1.82) is 0 Å². The smallest absolute Gasteiger partial charge is 0.224 e. The van der Waals surface area contributed by atoms with E-state index >= 15 is 0 Å².